The van der Waals surface area contributed by atoms with Crippen LogP contribution in [0.1, 0.15) is 23.0 Å². The van der Waals surface area contributed by atoms with Crippen molar-refractivity contribution in [1.29, 1.82) is 0 Å². The van der Waals surface area contributed by atoms with Gasteiger partial charge >= 0.3 is 0 Å². The smallest absolute Gasteiger partial charge is 0.154 e. The number of aldehydes is 1. The van der Waals surface area contributed by atoms with Crippen LogP contribution in [0.4, 0.5) is 0 Å². The maximum absolute atomic E-state index is 11.0. The van der Waals surface area contributed by atoms with Crippen molar-refractivity contribution in [2.24, 2.45) is 0 Å². The molecule has 0 atom stereocenters. The van der Waals surface area contributed by atoms with E-state index in [2.05, 4.69) is 0 Å². The number of carbonyl (C=O) groups excluding carboxylic acids is 1. The van der Waals surface area contributed by atoms with E-state index < -0.39 is 0 Å². The highest BCUT2D eigenvalue weighted by molar-refractivity contribution is 5.98. The molecule has 78 valence electrons. The minimum atomic E-state index is 0.631. The van der Waals surface area contributed by atoms with Crippen LogP contribution in [0.3, 0.4) is 0 Å². The molecule has 0 unspecified atom stereocenters. The third kappa shape index (κ3) is 1.50. The normalized spacial score (nSPS) is 10.5. The number of hydrogen-bond donors (Lipinski definition) is 0. The van der Waals surface area contributed by atoms with Crippen LogP contribution in [-0.4, -0.2) is 13.4 Å². The van der Waals surface area contributed by atoms with Gasteiger partial charge < -0.3 is 9.15 Å². The molecule has 0 aliphatic heterocycles. The lowest BCUT2D eigenvalue weighted by Crippen LogP contribution is -1.85. The molecule has 1 heterocycles. The number of carbonyl (C=O) groups is 1. The molecule has 0 aliphatic carbocycles. The predicted molar refractivity (Wildman–Crippen MR) is 57.5 cm³/mol. The SMILES string of the molecule is CCc1oc2ccc(OC)cc2c1C=O. The second kappa shape index (κ2) is 3.77. The molecule has 1 aromatic carbocycles. The summed E-state index contributed by atoms with van der Waals surface area (Å²) in [5.74, 6) is 1.46. The van der Waals surface area contributed by atoms with Gasteiger partial charge in [0.15, 0.2) is 6.29 Å². The van der Waals surface area contributed by atoms with Crippen molar-refractivity contribution < 1.29 is 13.9 Å². The van der Waals surface area contributed by atoms with Gasteiger partial charge in [-0.05, 0) is 18.2 Å². The molecule has 3 heteroatoms. The lowest BCUT2D eigenvalue weighted by Gasteiger charge is -1.97. The molecule has 0 aliphatic rings. The van der Waals surface area contributed by atoms with Crippen molar-refractivity contribution in [2.45, 2.75) is 13.3 Å². The summed E-state index contributed by atoms with van der Waals surface area (Å²) >= 11 is 0. The Morgan fingerprint density at radius 3 is 2.87 bits per heavy atom. The van der Waals surface area contributed by atoms with Crippen LogP contribution in [0.25, 0.3) is 11.0 Å². The van der Waals surface area contributed by atoms with Gasteiger partial charge in [0.25, 0.3) is 0 Å². The Bertz CT molecular complexity index is 497. The van der Waals surface area contributed by atoms with Crippen molar-refractivity contribution >= 4 is 17.3 Å². The van der Waals surface area contributed by atoms with E-state index in [1.165, 1.54) is 0 Å². The predicted octanol–water partition coefficient (Wildman–Crippen LogP) is 2.82. The maximum Gasteiger partial charge on any atom is 0.154 e. The molecule has 0 fully saturated rings. The first-order chi connectivity index (χ1) is 7.30. The van der Waals surface area contributed by atoms with E-state index in [-0.39, 0.29) is 0 Å². The minimum absolute atomic E-state index is 0.631. The molecular weight excluding hydrogens is 192 g/mol. The van der Waals surface area contributed by atoms with Crippen molar-refractivity contribution in [2.75, 3.05) is 7.11 Å². The monoisotopic (exact) mass is 204 g/mol. The van der Waals surface area contributed by atoms with E-state index >= 15 is 0 Å². The quantitative estimate of drug-likeness (QED) is 0.721. The molecule has 2 rings (SSSR count). The number of fused-ring (bicyclic) bond motifs is 1. The number of methoxy groups -OCH3 is 1. The van der Waals surface area contributed by atoms with Gasteiger partial charge in [0, 0.05) is 11.8 Å². The fourth-order valence-corrected chi connectivity index (χ4v) is 1.67. The van der Waals surface area contributed by atoms with E-state index in [4.69, 9.17) is 9.15 Å². The topological polar surface area (TPSA) is 39.4 Å². The molecule has 0 radical (unpaired) electrons. The Morgan fingerprint density at radius 2 is 2.27 bits per heavy atom. The van der Waals surface area contributed by atoms with Crippen LogP contribution in [-0.2, 0) is 6.42 Å². The van der Waals surface area contributed by atoms with E-state index in [1.54, 1.807) is 7.11 Å². The zero-order valence-corrected chi connectivity index (χ0v) is 8.74. The third-order valence-electron chi connectivity index (χ3n) is 2.45. The number of furan rings is 1. The Balaban J connectivity index is 2.73. The van der Waals surface area contributed by atoms with Crippen LogP contribution in [0, 0.1) is 0 Å². The molecule has 0 amide bonds. The summed E-state index contributed by atoms with van der Waals surface area (Å²) in [4.78, 5) is 11.0. The highest BCUT2D eigenvalue weighted by atomic mass is 16.5. The highest BCUT2D eigenvalue weighted by Crippen LogP contribution is 2.28. The molecular formula is C12H12O3. The lowest BCUT2D eigenvalue weighted by molar-refractivity contribution is 0.112. The van der Waals surface area contributed by atoms with Crippen LogP contribution < -0.4 is 4.74 Å². The summed E-state index contributed by atoms with van der Waals surface area (Å²) in [6, 6.07) is 5.46. The molecule has 15 heavy (non-hydrogen) atoms. The molecule has 0 spiro atoms. The van der Waals surface area contributed by atoms with Gasteiger partial charge in [0.05, 0.1) is 12.7 Å². The number of hydrogen-bond acceptors (Lipinski definition) is 3. The van der Waals surface area contributed by atoms with Gasteiger partial charge in [-0.15, -0.1) is 0 Å². The van der Waals surface area contributed by atoms with Crippen molar-refractivity contribution in [1.82, 2.24) is 0 Å². The van der Waals surface area contributed by atoms with Gasteiger partial charge in [0.2, 0.25) is 0 Å². The highest BCUT2D eigenvalue weighted by Gasteiger charge is 2.12. The van der Waals surface area contributed by atoms with Crippen LogP contribution in [0.2, 0.25) is 0 Å². The van der Waals surface area contributed by atoms with Gasteiger partial charge in [-0.25, -0.2) is 0 Å². The van der Waals surface area contributed by atoms with E-state index in [0.29, 0.717) is 12.0 Å². The Morgan fingerprint density at radius 1 is 1.47 bits per heavy atom. The Kier molecular flexibility index (Phi) is 2.46. The molecule has 0 saturated carbocycles. The Labute approximate surface area is 87.6 Å². The third-order valence-corrected chi connectivity index (χ3v) is 2.45. The van der Waals surface area contributed by atoms with Crippen LogP contribution >= 0.6 is 0 Å². The first-order valence-corrected chi connectivity index (χ1v) is 4.84. The van der Waals surface area contributed by atoms with Gasteiger partial charge in [-0.1, -0.05) is 6.92 Å². The number of aryl methyl sites for hydroxylation is 1. The van der Waals surface area contributed by atoms with E-state index in [1.807, 2.05) is 25.1 Å². The second-order valence-corrected chi connectivity index (χ2v) is 3.27. The van der Waals surface area contributed by atoms with Crippen molar-refractivity contribution in [3.63, 3.8) is 0 Å². The first kappa shape index (κ1) is 9.77. The molecule has 0 saturated heterocycles. The zero-order chi connectivity index (χ0) is 10.8. The van der Waals surface area contributed by atoms with E-state index in [0.717, 1.165) is 28.8 Å². The maximum atomic E-state index is 11.0. The number of benzene rings is 1. The number of ether oxygens (including phenoxy) is 1. The standard InChI is InChI=1S/C12H12O3/c1-3-11-10(7-13)9-6-8(14-2)4-5-12(9)15-11/h4-7H,3H2,1-2H3. The van der Waals surface area contributed by atoms with E-state index in [9.17, 15) is 4.79 Å². The molecule has 0 bridgehead atoms. The average molecular weight is 204 g/mol. The Hall–Kier alpha value is -1.77. The lowest BCUT2D eigenvalue weighted by atomic mass is 10.1. The summed E-state index contributed by atoms with van der Waals surface area (Å²) in [5, 5.41) is 0.821. The molecule has 0 N–H and O–H groups in total. The summed E-state index contributed by atoms with van der Waals surface area (Å²) in [5.41, 5.74) is 1.36. The second-order valence-electron chi connectivity index (χ2n) is 3.27. The van der Waals surface area contributed by atoms with Crippen molar-refractivity contribution in [3.8, 4) is 5.75 Å². The minimum Gasteiger partial charge on any atom is -0.497 e. The summed E-state index contributed by atoms with van der Waals surface area (Å²) in [6.45, 7) is 1.96. The largest absolute Gasteiger partial charge is 0.497 e. The zero-order valence-electron chi connectivity index (χ0n) is 8.74. The fraction of sp³-hybridized carbons (Fsp3) is 0.250. The van der Waals surface area contributed by atoms with Gasteiger partial charge in [0.1, 0.15) is 17.1 Å². The van der Waals surface area contributed by atoms with Crippen LogP contribution in [0.5, 0.6) is 5.75 Å². The average Bonchev–Trinajstić information content (AvgIpc) is 2.65. The van der Waals surface area contributed by atoms with Gasteiger partial charge in [-0.2, -0.15) is 0 Å². The summed E-state index contributed by atoms with van der Waals surface area (Å²) in [6.07, 6.45) is 1.55. The molecule has 2 aromatic rings. The van der Waals surface area contributed by atoms with Gasteiger partial charge in [-0.3, -0.25) is 4.79 Å². The molecule has 3 nitrogen and oxygen atoms in total. The summed E-state index contributed by atoms with van der Waals surface area (Å²) in [7, 11) is 1.60. The summed E-state index contributed by atoms with van der Waals surface area (Å²) < 4.78 is 10.7. The van der Waals surface area contributed by atoms with Crippen LogP contribution in [0.15, 0.2) is 22.6 Å². The van der Waals surface area contributed by atoms with Crippen molar-refractivity contribution in [3.05, 3.63) is 29.5 Å². The fourth-order valence-electron chi connectivity index (χ4n) is 1.67. The first-order valence-electron chi connectivity index (χ1n) is 4.84. The number of rotatable bonds is 3. The molecule has 1 aromatic heterocycles.